The molecule has 6 nitrogen and oxygen atoms in total. The van der Waals surface area contributed by atoms with E-state index in [0.29, 0.717) is 17.9 Å². The molecule has 0 aromatic heterocycles. The van der Waals surface area contributed by atoms with Crippen molar-refractivity contribution in [2.45, 2.75) is 12.8 Å². The Hall–Kier alpha value is -3.46. The summed E-state index contributed by atoms with van der Waals surface area (Å²) in [6.45, 7) is 2.29. The zero-order valence-electron chi connectivity index (χ0n) is 14.5. The summed E-state index contributed by atoms with van der Waals surface area (Å²) in [6.07, 6.45) is 1.26. The van der Waals surface area contributed by atoms with Crippen LogP contribution >= 0.6 is 0 Å². The van der Waals surface area contributed by atoms with E-state index in [1.54, 1.807) is 19.2 Å². The number of phenols is 1. The minimum absolute atomic E-state index is 0.0748. The van der Waals surface area contributed by atoms with E-state index in [9.17, 15) is 10.4 Å². The molecule has 1 unspecified atom stereocenters. The fourth-order valence-electron chi connectivity index (χ4n) is 2.80. The van der Waals surface area contributed by atoms with Crippen LogP contribution in [-0.4, -0.2) is 25.2 Å². The van der Waals surface area contributed by atoms with Crippen LogP contribution in [0.25, 0.3) is 0 Å². The number of nitrogens with zero attached hydrogens (tertiary/aromatic N) is 2. The molecule has 1 heterocycles. The highest BCUT2D eigenvalue weighted by Gasteiger charge is 2.31. The molecular formula is C20H18N2O4. The van der Waals surface area contributed by atoms with Gasteiger partial charge in [0.2, 0.25) is 5.88 Å². The lowest BCUT2D eigenvalue weighted by atomic mass is 9.83. The topological polar surface area (TPSA) is 84.1 Å². The van der Waals surface area contributed by atoms with Crippen LogP contribution < -0.4 is 9.47 Å². The van der Waals surface area contributed by atoms with E-state index in [2.05, 4.69) is 11.1 Å². The first-order valence-corrected chi connectivity index (χ1v) is 8.11. The van der Waals surface area contributed by atoms with Crippen LogP contribution in [0.5, 0.6) is 17.2 Å². The number of methoxy groups -OCH3 is 1. The molecule has 26 heavy (non-hydrogen) atoms. The molecule has 0 saturated heterocycles. The molecule has 0 bridgehead atoms. The van der Waals surface area contributed by atoms with Crippen LogP contribution in [0.15, 0.2) is 58.9 Å². The van der Waals surface area contributed by atoms with Crippen molar-refractivity contribution in [2.24, 2.45) is 4.99 Å². The standard InChI is InChI=1S/C20H18N2O4/c1-3-25-12-22-20-17(11-21)19(13-4-7-15(24-2)8-5-13)16-9-6-14(23)10-18(16)26-20/h4-10,12,19,23H,3H2,1-2H3/b22-12+. The number of ether oxygens (including phenoxy) is 3. The van der Waals surface area contributed by atoms with Gasteiger partial charge in [0.05, 0.1) is 19.6 Å². The lowest BCUT2D eigenvalue weighted by molar-refractivity contribution is 0.335. The first-order valence-electron chi connectivity index (χ1n) is 8.11. The van der Waals surface area contributed by atoms with Crippen molar-refractivity contribution in [3.8, 4) is 23.3 Å². The van der Waals surface area contributed by atoms with E-state index in [1.165, 1.54) is 12.5 Å². The summed E-state index contributed by atoms with van der Waals surface area (Å²) >= 11 is 0. The van der Waals surface area contributed by atoms with Crippen molar-refractivity contribution in [3.05, 3.63) is 65.0 Å². The SMILES string of the molecule is CCO/C=N/C1=C(C#N)C(c2ccc(OC)cc2)c2ccc(O)cc2O1. The van der Waals surface area contributed by atoms with Gasteiger partial charge in [-0.3, -0.25) is 0 Å². The summed E-state index contributed by atoms with van der Waals surface area (Å²) in [5.74, 6) is 1.03. The molecule has 0 fully saturated rings. The number of aromatic hydroxyl groups is 1. The summed E-state index contributed by atoms with van der Waals surface area (Å²) < 4.78 is 16.1. The van der Waals surface area contributed by atoms with Crippen LogP contribution in [-0.2, 0) is 4.74 Å². The average molecular weight is 350 g/mol. The maximum absolute atomic E-state index is 9.80. The molecule has 2 aromatic carbocycles. The molecule has 6 heteroatoms. The van der Waals surface area contributed by atoms with Gasteiger partial charge in [0.1, 0.15) is 28.9 Å². The van der Waals surface area contributed by atoms with Crippen LogP contribution in [0.1, 0.15) is 24.0 Å². The molecule has 3 rings (SSSR count). The third kappa shape index (κ3) is 3.33. The number of benzene rings is 2. The number of hydrogen-bond donors (Lipinski definition) is 1. The molecule has 0 amide bonds. The van der Waals surface area contributed by atoms with Crippen molar-refractivity contribution >= 4 is 6.40 Å². The summed E-state index contributed by atoms with van der Waals surface area (Å²) in [6, 6.07) is 14.5. The summed E-state index contributed by atoms with van der Waals surface area (Å²) in [7, 11) is 1.60. The lowest BCUT2D eigenvalue weighted by Crippen LogP contribution is -2.15. The van der Waals surface area contributed by atoms with Crippen LogP contribution in [0.2, 0.25) is 0 Å². The zero-order valence-corrected chi connectivity index (χ0v) is 14.5. The zero-order chi connectivity index (χ0) is 18.5. The number of rotatable bonds is 5. The van der Waals surface area contributed by atoms with Crippen molar-refractivity contribution in [3.63, 3.8) is 0 Å². The second-order valence-corrected chi connectivity index (χ2v) is 5.55. The molecule has 1 aliphatic rings. The van der Waals surface area contributed by atoms with E-state index in [0.717, 1.165) is 16.9 Å². The van der Waals surface area contributed by atoms with E-state index < -0.39 is 0 Å². The highest BCUT2D eigenvalue weighted by atomic mass is 16.5. The molecule has 0 radical (unpaired) electrons. The van der Waals surface area contributed by atoms with Crippen LogP contribution in [0.3, 0.4) is 0 Å². The highest BCUT2D eigenvalue weighted by molar-refractivity contribution is 5.59. The van der Waals surface area contributed by atoms with E-state index in [-0.39, 0.29) is 17.6 Å². The molecule has 1 aliphatic heterocycles. The van der Waals surface area contributed by atoms with Gasteiger partial charge in [-0.15, -0.1) is 0 Å². The molecule has 0 saturated carbocycles. The van der Waals surface area contributed by atoms with Crippen molar-refractivity contribution in [2.75, 3.05) is 13.7 Å². The van der Waals surface area contributed by atoms with Crippen molar-refractivity contribution < 1.29 is 19.3 Å². The van der Waals surface area contributed by atoms with Crippen LogP contribution in [0.4, 0.5) is 0 Å². The highest BCUT2D eigenvalue weighted by Crippen LogP contribution is 2.44. The molecule has 1 atom stereocenters. The summed E-state index contributed by atoms with van der Waals surface area (Å²) in [5.41, 5.74) is 2.03. The minimum atomic E-state index is -0.371. The number of phenolic OH excluding ortho intramolecular Hbond substituents is 1. The Morgan fingerprint density at radius 1 is 1.27 bits per heavy atom. The predicted octanol–water partition coefficient (Wildman–Crippen LogP) is 3.73. The predicted molar refractivity (Wildman–Crippen MR) is 96.3 cm³/mol. The Labute approximate surface area is 151 Å². The summed E-state index contributed by atoms with van der Waals surface area (Å²) in [4.78, 5) is 4.14. The van der Waals surface area contributed by atoms with Gasteiger partial charge < -0.3 is 19.3 Å². The largest absolute Gasteiger partial charge is 0.508 e. The third-order valence-corrected chi connectivity index (χ3v) is 4.01. The number of hydrogen-bond acceptors (Lipinski definition) is 6. The maximum Gasteiger partial charge on any atom is 0.236 e. The number of aliphatic imine (C=N–C) groups is 1. The number of nitriles is 1. The Morgan fingerprint density at radius 3 is 2.69 bits per heavy atom. The van der Waals surface area contributed by atoms with Gasteiger partial charge in [-0.05, 0) is 30.7 Å². The van der Waals surface area contributed by atoms with Gasteiger partial charge in [-0.2, -0.15) is 10.3 Å². The van der Waals surface area contributed by atoms with E-state index >= 15 is 0 Å². The van der Waals surface area contributed by atoms with Gasteiger partial charge in [-0.1, -0.05) is 18.2 Å². The Kier molecular flexibility index (Phi) is 5.09. The molecule has 132 valence electrons. The monoisotopic (exact) mass is 350 g/mol. The van der Waals surface area contributed by atoms with E-state index in [1.807, 2.05) is 31.2 Å². The van der Waals surface area contributed by atoms with Gasteiger partial charge in [0, 0.05) is 11.6 Å². The quantitative estimate of drug-likeness (QED) is 0.656. The fourth-order valence-corrected chi connectivity index (χ4v) is 2.80. The Balaban J connectivity index is 2.14. The Bertz CT molecular complexity index is 895. The summed E-state index contributed by atoms with van der Waals surface area (Å²) in [5, 5.41) is 19.6. The first kappa shape index (κ1) is 17.4. The second kappa shape index (κ2) is 7.62. The maximum atomic E-state index is 9.80. The molecule has 2 aromatic rings. The van der Waals surface area contributed by atoms with Gasteiger partial charge in [-0.25, -0.2) is 0 Å². The number of allylic oxidation sites excluding steroid dienone is 1. The lowest BCUT2D eigenvalue weighted by Gasteiger charge is -2.26. The van der Waals surface area contributed by atoms with Crippen molar-refractivity contribution in [1.82, 2.24) is 0 Å². The molecule has 1 N–H and O–H groups in total. The smallest absolute Gasteiger partial charge is 0.236 e. The molecular weight excluding hydrogens is 332 g/mol. The van der Waals surface area contributed by atoms with Crippen LogP contribution in [0, 0.1) is 11.3 Å². The molecule has 0 aliphatic carbocycles. The first-order chi connectivity index (χ1) is 12.7. The normalized spacial score (nSPS) is 16.0. The fraction of sp³-hybridized carbons (Fsp3) is 0.200. The minimum Gasteiger partial charge on any atom is -0.508 e. The van der Waals surface area contributed by atoms with Crippen molar-refractivity contribution in [1.29, 1.82) is 5.26 Å². The van der Waals surface area contributed by atoms with Gasteiger partial charge >= 0.3 is 0 Å². The third-order valence-electron chi connectivity index (χ3n) is 4.01. The van der Waals surface area contributed by atoms with E-state index in [4.69, 9.17) is 14.2 Å². The van der Waals surface area contributed by atoms with Gasteiger partial charge in [0.15, 0.2) is 6.40 Å². The van der Waals surface area contributed by atoms with Gasteiger partial charge in [0.25, 0.3) is 0 Å². The Morgan fingerprint density at radius 2 is 2.04 bits per heavy atom. The average Bonchev–Trinajstić information content (AvgIpc) is 2.67. The molecule has 0 spiro atoms. The number of fused-ring (bicyclic) bond motifs is 1. The second-order valence-electron chi connectivity index (χ2n) is 5.55.